The molecule has 0 bridgehead atoms. The average Bonchev–Trinajstić information content (AvgIpc) is 3.26. The van der Waals surface area contributed by atoms with E-state index in [1.807, 2.05) is 7.05 Å². The topological polar surface area (TPSA) is 24.5 Å². The molecule has 112 valence electrons. The lowest BCUT2D eigenvalue weighted by molar-refractivity contribution is 0.202. The first-order valence-corrected chi connectivity index (χ1v) is 8.15. The van der Waals surface area contributed by atoms with Crippen molar-refractivity contribution in [2.75, 3.05) is 32.2 Å². The standard InChI is InChI=1S/C16H25BrN2O/c1-12(13-4-5-13)19(8-9-20-3)15-7-6-14(11-18-2)16(17)10-15/h6-7,10,12-13,18H,4-5,8-9,11H2,1-3H3. The molecule has 1 N–H and O–H groups in total. The summed E-state index contributed by atoms with van der Waals surface area (Å²) in [7, 11) is 3.74. The minimum Gasteiger partial charge on any atom is -0.383 e. The van der Waals surface area contributed by atoms with Crippen molar-refractivity contribution < 1.29 is 4.74 Å². The Labute approximate surface area is 130 Å². The fourth-order valence-electron chi connectivity index (χ4n) is 2.64. The zero-order valence-corrected chi connectivity index (χ0v) is 14.2. The van der Waals surface area contributed by atoms with Crippen molar-refractivity contribution in [3.05, 3.63) is 28.2 Å². The summed E-state index contributed by atoms with van der Waals surface area (Å²) in [5.74, 6) is 0.850. The Morgan fingerprint density at radius 2 is 2.20 bits per heavy atom. The number of hydrogen-bond acceptors (Lipinski definition) is 3. The molecule has 0 aliphatic heterocycles. The third kappa shape index (κ3) is 3.96. The maximum atomic E-state index is 5.27. The quantitative estimate of drug-likeness (QED) is 0.784. The van der Waals surface area contributed by atoms with Crippen LogP contribution in [0.15, 0.2) is 22.7 Å². The van der Waals surface area contributed by atoms with Crippen LogP contribution in [-0.2, 0) is 11.3 Å². The fraction of sp³-hybridized carbons (Fsp3) is 0.625. The molecular formula is C16H25BrN2O. The van der Waals surface area contributed by atoms with E-state index in [0.29, 0.717) is 6.04 Å². The zero-order valence-electron chi connectivity index (χ0n) is 12.7. The third-order valence-electron chi connectivity index (χ3n) is 4.07. The number of nitrogens with one attached hydrogen (secondary N) is 1. The van der Waals surface area contributed by atoms with Gasteiger partial charge in [-0.1, -0.05) is 22.0 Å². The molecular weight excluding hydrogens is 316 g/mol. The van der Waals surface area contributed by atoms with E-state index in [1.54, 1.807) is 7.11 Å². The summed E-state index contributed by atoms with van der Waals surface area (Å²) in [5, 5.41) is 3.20. The first-order valence-electron chi connectivity index (χ1n) is 7.36. The Bertz CT molecular complexity index is 434. The van der Waals surface area contributed by atoms with Crippen LogP contribution in [0.2, 0.25) is 0 Å². The predicted molar refractivity (Wildman–Crippen MR) is 88.3 cm³/mol. The molecule has 1 saturated carbocycles. The summed E-state index contributed by atoms with van der Waals surface area (Å²) in [6.07, 6.45) is 2.73. The van der Waals surface area contributed by atoms with Crippen LogP contribution in [0, 0.1) is 5.92 Å². The van der Waals surface area contributed by atoms with E-state index in [4.69, 9.17) is 4.74 Å². The molecule has 1 aromatic rings. The van der Waals surface area contributed by atoms with E-state index in [-0.39, 0.29) is 0 Å². The van der Waals surface area contributed by atoms with Crippen molar-refractivity contribution in [3.63, 3.8) is 0 Å². The van der Waals surface area contributed by atoms with E-state index < -0.39 is 0 Å². The molecule has 1 fully saturated rings. The predicted octanol–water partition coefficient (Wildman–Crippen LogP) is 3.42. The number of rotatable bonds is 8. The second kappa shape index (κ2) is 7.43. The molecule has 3 nitrogen and oxygen atoms in total. The molecule has 0 saturated heterocycles. The van der Waals surface area contributed by atoms with Gasteiger partial charge in [-0.15, -0.1) is 0 Å². The number of hydrogen-bond donors (Lipinski definition) is 1. The van der Waals surface area contributed by atoms with E-state index in [1.165, 1.54) is 28.6 Å². The molecule has 0 aromatic heterocycles. The summed E-state index contributed by atoms with van der Waals surface area (Å²) < 4.78 is 6.45. The van der Waals surface area contributed by atoms with Gasteiger partial charge in [0, 0.05) is 36.4 Å². The lowest BCUT2D eigenvalue weighted by Crippen LogP contribution is -2.37. The van der Waals surface area contributed by atoms with Gasteiger partial charge in [0.1, 0.15) is 0 Å². The molecule has 1 unspecified atom stereocenters. The van der Waals surface area contributed by atoms with Crippen molar-refractivity contribution in [2.45, 2.75) is 32.4 Å². The second-order valence-corrected chi connectivity index (χ2v) is 6.42. The molecule has 0 spiro atoms. The number of nitrogens with zero attached hydrogens (tertiary/aromatic N) is 1. The highest BCUT2D eigenvalue weighted by atomic mass is 79.9. The van der Waals surface area contributed by atoms with Crippen LogP contribution < -0.4 is 10.2 Å². The molecule has 2 rings (SSSR count). The van der Waals surface area contributed by atoms with Gasteiger partial charge in [-0.05, 0) is 50.4 Å². The highest BCUT2D eigenvalue weighted by Crippen LogP contribution is 2.37. The van der Waals surface area contributed by atoms with Gasteiger partial charge in [-0.3, -0.25) is 0 Å². The van der Waals surface area contributed by atoms with Gasteiger partial charge >= 0.3 is 0 Å². The molecule has 4 heteroatoms. The van der Waals surface area contributed by atoms with Crippen LogP contribution in [0.25, 0.3) is 0 Å². The van der Waals surface area contributed by atoms with Crippen molar-refractivity contribution in [1.29, 1.82) is 0 Å². The average molecular weight is 341 g/mol. The minimum absolute atomic E-state index is 0.590. The van der Waals surface area contributed by atoms with Crippen molar-refractivity contribution in [2.24, 2.45) is 5.92 Å². The Hall–Kier alpha value is -0.580. The maximum Gasteiger partial charge on any atom is 0.0637 e. The van der Waals surface area contributed by atoms with Crippen molar-refractivity contribution in [1.82, 2.24) is 5.32 Å². The highest BCUT2D eigenvalue weighted by Gasteiger charge is 2.32. The number of anilines is 1. The monoisotopic (exact) mass is 340 g/mol. The highest BCUT2D eigenvalue weighted by molar-refractivity contribution is 9.10. The molecule has 0 amide bonds. The van der Waals surface area contributed by atoms with E-state index in [2.05, 4.69) is 51.3 Å². The van der Waals surface area contributed by atoms with Crippen LogP contribution in [-0.4, -0.2) is 33.4 Å². The van der Waals surface area contributed by atoms with Gasteiger partial charge in [-0.2, -0.15) is 0 Å². The van der Waals surface area contributed by atoms with Crippen LogP contribution in [0.5, 0.6) is 0 Å². The lowest BCUT2D eigenvalue weighted by Gasteiger charge is -2.32. The SMILES string of the molecule is CNCc1ccc(N(CCOC)C(C)C2CC2)cc1Br. The fourth-order valence-corrected chi connectivity index (χ4v) is 3.15. The summed E-state index contributed by atoms with van der Waals surface area (Å²) >= 11 is 3.69. The lowest BCUT2D eigenvalue weighted by atomic mass is 10.1. The Morgan fingerprint density at radius 1 is 1.45 bits per heavy atom. The van der Waals surface area contributed by atoms with E-state index in [0.717, 1.165) is 25.6 Å². The van der Waals surface area contributed by atoms with Gasteiger partial charge in [0.05, 0.1) is 6.61 Å². The largest absolute Gasteiger partial charge is 0.383 e. The summed E-state index contributed by atoms with van der Waals surface area (Å²) in [6.45, 7) is 4.94. The first-order chi connectivity index (χ1) is 9.67. The molecule has 0 heterocycles. The van der Waals surface area contributed by atoms with Gasteiger partial charge in [0.2, 0.25) is 0 Å². The summed E-state index contributed by atoms with van der Waals surface area (Å²) in [4.78, 5) is 2.48. The number of methoxy groups -OCH3 is 1. The second-order valence-electron chi connectivity index (χ2n) is 5.57. The molecule has 1 aliphatic carbocycles. The van der Waals surface area contributed by atoms with Crippen LogP contribution in [0.3, 0.4) is 0 Å². The minimum atomic E-state index is 0.590. The Kier molecular flexibility index (Phi) is 5.87. The number of halogens is 1. The molecule has 0 radical (unpaired) electrons. The molecule has 20 heavy (non-hydrogen) atoms. The van der Waals surface area contributed by atoms with Crippen molar-refractivity contribution >= 4 is 21.6 Å². The van der Waals surface area contributed by atoms with Gasteiger partial charge in [0.15, 0.2) is 0 Å². The third-order valence-corrected chi connectivity index (χ3v) is 4.81. The molecule has 1 atom stereocenters. The van der Waals surface area contributed by atoms with E-state index >= 15 is 0 Å². The van der Waals surface area contributed by atoms with Gasteiger partial charge in [0.25, 0.3) is 0 Å². The molecule has 1 aliphatic rings. The zero-order chi connectivity index (χ0) is 14.5. The van der Waals surface area contributed by atoms with Crippen LogP contribution >= 0.6 is 15.9 Å². The molecule has 1 aromatic carbocycles. The Morgan fingerprint density at radius 3 is 2.75 bits per heavy atom. The number of ether oxygens (including phenoxy) is 1. The maximum absolute atomic E-state index is 5.27. The summed E-state index contributed by atoms with van der Waals surface area (Å²) in [6, 6.07) is 7.26. The van der Waals surface area contributed by atoms with E-state index in [9.17, 15) is 0 Å². The smallest absolute Gasteiger partial charge is 0.0637 e. The number of benzene rings is 1. The normalized spacial score (nSPS) is 16.2. The first kappa shape index (κ1) is 15.8. The van der Waals surface area contributed by atoms with Gasteiger partial charge in [-0.25, -0.2) is 0 Å². The Balaban J connectivity index is 2.16. The van der Waals surface area contributed by atoms with Crippen LogP contribution in [0.4, 0.5) is 5.69 Å². The summed E-state index contributed by atoms with van der Waals surface area (Å²) in [5.41, 5.74) is 2.58. The van der Waals surface area contributed by atoms with Gasteiger partial charge < -0.3 is 15.0 Å². The van der Waals surface area contributed by atoms with Crippen molar-refractivity contribution in [3.8, 4) is 0 Å². The van der Waals surface area contributed by atoms with Crippen LogP contribution in [0.1, 0.15) is 25.3 Å².